The van der Waals surface area contributed by atoms with Crippen molar-refractivity contribution in [2.45, 2.75) is 49.9 Å². The first-order chi connectivity index (χ1) is 9.83. The lowest BCUT2D eigenvalue weighted by Gasteiger charge is -2.46. The fourth-order valence-electron chi connectivity index (χ4n) is 3.60. The molecule has 0 bridgehead atoms. The van der Waals surface area contributed by atoms with E-state index in [0.717, 1.165) is 0 Å². The van der Waals surface area contributed by atoms with Gasteiger partial charge in [-0.25, -0.2) is 4.39 Å². The minimum absolute atomic E-state index is 0.270. The first-order valence-electron chi connectivity index (χ1n) is 7.17. The van der Waals surface area contributed by atoms with Crippen LogP contribution in [0.25, 0.3) is 0 Å². The number of hydrogen-bond acceptors (Lipinski definition) is 2. The summed E-state index contributed by atoms with van der Waals surface area (Å²) in [5, 5.41) is 10.3. The number of fused-ring (bicyclic) bond motifs is 1. The molecule has 1 aromatic rings. The zero-order valence-electron chi connectivity index (χ0n) is 11.5. The Balaban J connectivity index is 1.97. The molecule has 0 unspecified atom stereocenters. The summed E-state index contributed by atoms with van der Waals surface area (Å²) in [5.74, 6) is -0.384. The van der Waals surface area contributed by atoms with Crippen molar-refractivity contribution in [1.29, 1.82) is 0 Å². The van der Waals surface area contributed by atoms with Crippen LogP contribution in [0.3, 0.4) is 0 Å². The molecule has 1 heterocycles. The van der Waals surface area contributed by atoms with Gasteiger partial charge in [-0.15, -0.1) is 0 Å². The van der Waals surface area contributed by atoms with E-state index in [4.69, 9.17) is 0 Å². The SMILES string of the molecule is O[C@]1(C(F)(F)F)CCCC[C@H]1N1CCc2cc(F)ccc21. The fraction of sp³-hybridized carbons (Fsp3) is 0.600. The number of rotatable bonds is 1. The van der Waals surface area contributed by atoms with Crippen molar-refractivity contribution in [3.63, 3.8) is 0 Å². The normalized spacial score (nSPS) is 29.6. The van der Waals surface area contributed by atoms with E-state index in [0.29, 0.717) is 43.5 Å². The number of hydrogen-bond donors (Lipinski definition) is 1. The lowest BCUT2D eigenvalue weighted by molar-refractivity contribution is -0.275. The standard InChI is InChI=1S/C15H17F4NO/c16-11-4-5-12-10(9-11)6-8-20(12)13-3-1-2-7-14(13,21)15(17,18)19/h4-5,9,13,21H,1-3,6-8H2/t13-,14-/m1/s1. The van der Waals surface area contributed by atoms with Crippen LogP contribution in [0, 0.1) is 5.82 Å². The topological polar surface area (TPSA) is 23.5 Å². The van der Waals surface area contributed by atoms with E-state index >= 15 is 0 Å². The van der Waals surface area contributed by atoms with Crippen molar-refractivity contribution in [1.82, 2.24) is 0 Å². The van der Waals surface area contributed by atoms with Crippen molar-refractivity contribution in [2.75, 3.05) is 11.4 Å². The second kappa shape index (κ2) is 4.87. The Morgan fingerprint density at radius 3 is 2.71 bits per heavy atom. The van der Waals surface area contributed by atoms with Gasteiger partial charge in [0.05, 0.1) is 6.04 Å². The van der Waals surface area contributed by atoms with Crippen LogP contribution in [-0.2, 0) is 6.42 Å². The summed E-state index contributed by atoms with van der Waals surface area (Å²) in [4.78, 5) is 1.61. The van der Waals surface area contributed by atoms with Gasteiger partial charge in [0.2, 0.25) is 0 Å². The smallest absolute Gasteiger partial charge is 0.379 e. The number of halogens is 4. The molecule has 2 atom stereocenters. The van der Waals surface area contributed by atoms with Gasteiger partial charge in [0, 0.05) is 12.2 Å². The summed E-state index contributed by atoms with van der Waals surface area (Å²) in [6.07, 6.45) is -3.08. The third-order valence-electron chi connectivity index (χ3n) is 4.68. The van der Waals surface area contributed by atoms with Gasteiger partial charge in [0.25, 0.3) is 0 Å². The zero-order chi connectivity index (χ0) is 15.3. The number of alkyl halides is 3. The Bertz CT molecular complexity index is 545. The summed E-state index contributed by atoms with van der Waals surface area (Å²) < 4.78 is 53.2. The van der Waals surface area contributed by atoms with Crippen LogP contribution in [-0.4, -0.2) is 29.5 Å². The monoisotopic (exact) mass is 303 g/mol. The van der Waals surface area contributed by atoms with Gasteiger partial charge < -0.3 is 10.0 Å². The number of anilines is 1. The molecule has 1 aliphatic heterocycles. The molecular formula is C15H17F4NO. The highest BCUT2D eigenvalue weighted by Gasteiger charge is 2.60. The van der Waals surface area contributed by atoms with E-state index in [1.165, 1.54) is 18.2 Å². The van der Waals surface area contributed by atoms with E-state index < -0.39 is 17.8 Å². The minimum Gasteiger partial charge on any atom is -0.379 e. The van der Waals surface area contributed by atoms with E-state index in [2.05, 4.69) is 0 Å². The van der Waals surface area contributed by atoms with Crippen LogP contribution in [0.15, 0.2) is 18.2 Å². The van der Waals surface area contributed by atoms with E-state index in [1.54, 1.807) is 4.90 Å². The quantitative estimate of drug-likeness (QED) is 0.804. The molecular weight excluding hydrogens is 286 g/mol. The highest BCUT2D eigenvalue weighted by Crippen LogP contribution is 2.46. The fourth-order valence-corrected chi connectivity index (χ4v) is 3.60. The van der Waals surface area contributed by atoms with E-state index in [9.17, 15) is 22.7 Å². The van der Waals surface area contributed by atoms with Crippen molar-refractivity contribution in [2.24, 2.45) is 0 Å². The largest absolute Gasteiger partial charge is 0.419 e. The molecule has 2 aliphatic rings. The summed E-state index contributed by atoms with van der Waals surface area (Å²) in [6, 6.07) is 3.15. The third kappa shape index (κ3) is 2.29. The third-order valence-corrected chi connectivity index (χ3v) is 4.68. The molecule has 0 spiro atoms. The molecule has 0 radical (unpaired) electrons. The van der Waals surface area contributed by atoms with Crippen LogP contribution in [0.2, 0.25) is 0 Å². The Labute approximate surface area is 120 Å². The Kier molecular flexibility index (Phi) is 3.39. The second-order valence-corrected chi connectivity index (χ2v) is 5.90. The lowest BCUT2D eigenvalue weighted by Crippen LogP contribution is -2.62. The predicted octanol–water partition coefficient (Wildman–Crippen LogP) is 3.42. The highest BCUT2D eigenvalue weighted by atomic mass is 19.4. The molecule has 1 aliphatic carbocycles. The molecule has 1 aromatic carbocycles. The second-order valence-electron chi connectivity index (χ2n) is 5.90. The molecule has 0 saturated heterocycles. The molecule has 2 nitrogen and oxygen atoms in total. The Morgan fingerprint density at radius 2 is 2.00 bits per heavy atom. The van der Waals surface area contributed by atoms with Crippen molar-refractivity contribution in [3.8, 4) is 0 Å². The maximum absolute atomic E-state index is 13.3. The number of nitrogens with zero attached hydrogens (tertiary/aromatic N) is 1. The van der Waals surface area contributed by atoms with Gasteiger partial charge in [0.1, 0.15) is 5.82 Å². The summed E-state index contributed by atoms with van der Waals surface area (Å²) in [6.45, 7) is 0.391. The number of aliphatic hydroxyl groups is 1. The predicted molar refractivity (Wildman–Crippen MR) is 70.7 cm³/mol. The van der Waals surface area contributed by atoms with E-state index in [1.807, 2.05) is 0 Å². The van der Waals surface area contributed by atoms with Gasteiger partial charge in [-0.1, -0.05) is 12.8 Å². The lowest BCUT2D eigenvalue weighted by atomic mass is 9.78. The Hall–Kier alpha value is -1.30. The molecule has 1 saturated carbocycles. The molecule has 1 fully saturated rings. The van der Waals surface area contributed by atoms with Crippen LogP contribution >= 0.6 is 0 Å². The van der Waals surface area contributed by atoms with Gasteiger partial charge >= 0.3 is 6.18 Å². The van der Waals surface area contributed by atoms with Crippen molar-refractivity contribution < 1.29 is 22.7 Å². The average molecular weight is 303 g/mol. The van der Waals surface area contributed by atoms with Gasteiger partial charge in [-0.3, -0.25) is 0 Å². The van der Waals surface area contributed by atoms with Crippen LogP contribution in [0.5, 0.6) is 0 Å². The minimum atomic E-state index is -4.65. The summed E-state index contributed by atoms with van der Waals surface area (Å²) in [7, 11) is 0. The maximum Gasteiger partial charge on any atom is 0.419 e. The van der Waals surface area contributed by atoms with E-state index in [-0.39, 0.29) is 12.2 Å². The highest BCUT2D eigenvalue weighted by molar-refractivity contribution is 5.59. The molecule has 1 N–H and O–H groups in total. The van der Waals surface area contributed by atoms with Crippen LogP contribution < -0.4 is 4.90 Å². The molecule has 0 amide bonds. The van der Waals surface area contributed by atoms with Crippen molar-refractivity contribution in [3.05, 3.63) is 29.6 Å². The first-order valence-corrected chi connectivity index (χ1v) is 7.17. The molecule has 116 valence electrons. The molecule has 6 heteroatoms. The summed E-state index contributed by atoms with van der Waals surface area (Å²) >= 11 is 0. The average Bonchev–Trinajstić information content (AvgIpc) is 2.80. The molecule has 0 aromatic heterocycles. The van der Waals surface area contributed by atoms with Gasteiger partial charge in [-0.05, 0) is 43.0 Å². The van der Waals surface area contributed by atoms with Crippen molar-refractivity contribution >= 4 is 5.69 Å². The Morgan fingerprint density at radius 1 is 1.24 bits per heavy atom. The molecule has 3 rings (SSSR count). The van der Waals surface area contributed by atoms with Gasteiger partial charge in [0.15, 0.2) is 5.60 Å². The van der Waals surface area contributed by atoms with Crippen LogP contribution in [0.1, 0.15) is 31.2 Å². The first kappa shape index (κ1) is 14.6. The van der Waals surface area contributed by atoms with Crippen LogP contribution in [0.4, 0.5) is 23.2 Å². The number of benzene rings is 1. The maximum atomic E-state index is 13.3. The van der Waals surface area contributed by atoms with Gasteiger partial charge in [-0.2, -0.15) is 13.2 Å². The summed E-state index contributed by atoms with van der Waals surface area (Å²) in [5.41, 5.74) is -1.35. The zero-order valence-corrected chi connectivity index (χ0v) is 11.5. The molecule has 21 heavy (non-hydrogen) atoms.